The van der Waals surface area contributed by atoms with Crippen molar-refractivity contribution in [1.29, 1.82) is 0 Å². The van der Waals surface area contributed by atoms with Crippen LogP contribution in [0.3, 0.4) is 0 Å². The first-order chi connectivity index (χ1) is 8.63. The highest BCUT2D eigenvalue weighted by molar-refractivity contribution is 6.28. The average molecular weight is 243 g/mol. The highest BCUT2D eigenvalue weighted by atomic mass is 16.5. The van der Waals surface area contributed by atoms with Crippen molar-refractivity contribution in [2.24, 2.45) is 0 Å². The fourth-order valence-electron chi connectivity index (χ4n) is 1.52. The minimum Gasteiger partial charge on any atom is -0.421 e. The minimum atomic E-state index is -0.658. The van der Waals surface area contributed by atoms with Crippen LogP contribution in [0.25, 0.3) is 0 Å². The van der Waals surface area contributed by atoms with Crippen molar-refractivity contribution in [3.05, 3.63) is 49.1 Å². The topological polar surface area (TPSA) is 63.7 Å². The minimum absolute atomic E-state index is 0.132. The molecule has 1 aliphatic heterocycles. The molecular weight excluding hydrogens is 234 g/mol. The highest BCUT2D eigenvalue weighted by Gasteiger charge is 2.27. The number of carbonyl (C=O) groups is 3. The highest BCUT2D eigenvalue weighted by Crippen LogP contribution is 2.30. The van der Waals surface area contributed by atoms with Crippen LogP contribution in [-0.4, -0.2) is 17.8 Å². The van der Waals surface area contributed by atoms with Gasteiger partial charge in [0.2, 0.25) is 0 Å². The Bertz CT molecular complexity index is 556. The molecule has 0 aromatic heterocycles. The number of benzene rings is 1. The third kappa shape index (κ3) is 2.06. The van der Waals surface area contributed by atoms with E-state index < -0.39 is 17.8 Å². The Morgan fingerprint density at radius 2 is 1.78 bits per heavy atom. The molecule has 1 aromatic rings. The molecule has 1 aliphatic rings. The number of hydrogen-bond donors (Lipinski definition) is 0. The van der Waals surface area contributed by atoms with Crippen molar-refractivity contribution in [1.82, 2.24) is 0 Å². The van der Waals surface area contributed by atoms with Crippen molar-refractivity contribution in [3.63, 3.8) is 0 Å². The van der Waals surface area contributed by atoms with Gasteiger partial charge in [-0.15, -0.1) is 0 Å². The average Bonchev–Trinajstić information content (AvgIpc) is 2.70. The van der Waals surface area contributed by atoms with Crippen LogP contribution in [0.15, 0.2) is 49.1 Å². The van der Waals surface area contributed by atoms with Crippen molar-refractivity contribution in [2.75, 3.05) is 4.90 Å². The maximum atomic E-state index is 11.6. The molecule has 5 heteroatoms. The van der Waals surface area contributed by atoms with Crippen LogP contribution in [0.4, 0.5) is 5.69 Å². The third-order valence-corrected chi connectivity index (χ3v) is 2.29. The van der Waals surface area contributed by atoms with E-state index in [-0.39, 0.29) is 11.4 Å². The van der Waals surface area contributed by atoms with Crippen molar-refractivity contribution in [2.45, 2.75) is 0 Å². The summed E-state index contributed by atoms with van der Waals surface area (Å²) in [4.78, 5) is 35.2. The maximum absolute atomic E-state index is 11.6. The Morgan fingerprint density at radius 3 is 2.39 bits per heavy atom. The molecule has 0 bridgehead atoms. The SMILES string of the molecule is C=CC(=O)Oc1ccccc1N1C(=O)C=CC1=O. The molecule has 0 saturated carbocycles. The summed E-state index contributed by atoms with van der Waals surface area (Å²) >= 11 is 0. The van der Waals surface area contributed by atoms with E-state index in [2.05, 4.69) is 6.58 Å². The molecule has 5 nitrogen and oxygen atoms in total. The van der Waals surface area contributed by atoms with Gasteiger partial charge in [0.15, 0.2) is 5.75 Å². The molecular formula is C13H9NO4. The van der Waals surface area contributed by atoms with Crippen LogP contribution >= 0.6 is 0 Å². The number of hydrogen-bond acceptors (Lipinski definition) is 4. The Balaban J connectivity index is 2.39. The standard InChI is InChI=1S/C13H9NO4/c1-2-13(17)18-10-6-4-3-5-9(10)14-11(15)7-8-12(14)16/h2-8H,1H2. The molecule has 0 atom stereocenters. The number of nitrogens with zero attached hydrogens (tertiary/aromatic N) is 1. The van der Waals surface area contributed by atoms with Gasteiger partial charge in [0, 0.05) is 18.2 Å². The molecule has 2 rings (SSSR count). The Hall–Kier alpha value is -2.69. The fourth-order valence-corrected chi connectivity index (χ4v) is 1.52. The predicted molar refractivity (Wildman–Crippen MR) is 63.9 cm³/mol. The normalized spacial score (nSPS) is 13.9. The van der Waals surface area contributed by atoms with Crippen molar-refractivity contribution < 1.29 is 19.1 Å². The largest absolute Gasteiger partial charge is 0.421 e. The molecule has 0 fully saturated rings. The molecule has 1 heterocycles. The van der Waals surface area contributed by atoms with Crippen molar-refractivity contribution >= 4 is 23.5 Å². The summed E-state index contributed by atoms with van der Waals surface area (Å²) < 4.78 is 4.97. The van der Waals surface area contributed by atoms with Gasteiger partial charge in [0.25, 0.3) is 11.8 Å². The van der Waals surface area contributed by atoms with Crippen molar-refractivity contribution in [3.8, 4) is 5.75 Å². The molecule has 2 amide bonds. The van der Waals surface area contributed by atoms with Gasteiger partial charge in [0.05, 0.1) is 5.69 Å². The number of para-hydroxylation sites is 2. The van der Waals surface area contributed by atoms with Crippen LogP contribution in [0, 0.1) is 0 Å². The van der Waals surface area contributed by atoms with Crippen LogP contribution < -0.4 is 9.64 Å². The van der Waals surface area contributed by atoms with E-state index >= 15 is 0 Å². The molecule has 0 spiro atoms. The first kappa shape index (κ1) is 11.8. The first-order valence-corrected chi connectivity index (χ1v) is 5.13. The van der Waals surface area contributed by atoms with E-state index in [1.54, 1.807) is 12.1 Å². The summed E-state index contributed by atoms with van der Waals surface area (Å²) in [5.74, 6) is -1.47. The smallest absolute Gasteiger partial charge is 0.335 e. The number of imide groups is 1. The summed E-state index contributed by atoms with van der Waals surface area (Å²) in [6, 6.07) is 6.29. The summed E-state index contributed by atoms with van der Waals surface area (Å²) in [5, 5.41) is 0. The fraction of sp³-hybridized carbons (Fsp3) is 0. The molecule has 0 saturated heterocycles. The lowest BCUT2D eigenvalue weighted by Crippen LogP contribution is -2.30. The van der Waals surface area contributed by atoms with E-state index in [1.165, 1.54) is 12.1 Å². The molecule has 0 N–H and O–H groups in total. The number of rotatable bonds is 3. The molecule has 0 radical (unpaired) electrons. The van der Waals surface area contributed by atoms with Gasteiger partial charge in [0.1, 0.15) is 0 Å². The van der Waals surface area contributed by atoms with Gasteiger partial charge in [-0.3, -0.25) is 9.59 Å². The second kappa shape index (κ2) is 4.67. The quantitative estimate of drug-likeness (QED) is 0.346. The van der Waals surface area contributed by atoms with Gasteiger partial charge in [-0.2, -0.15) is 0 Å². The number of carbonyl (C=O) groups excluding carboxylic acids is 3. The van der Waals surface area contributed by atoms with Crippen LogP contribution in [0.1, 0.15) is 0 Å². The summed E-state index contributed by atoms with van der Waals surface area (Å²) in [5.41, 5.74) is 0.229. The molecule has 90 valence electrons. The Morgan fingerprint density at radius 1 is 1.17 bits per heavy atom. The zero-order chi connectivity index (χ0) is 13.1. The summed E-state index contributed by atoms with van der Waals surface area (Å²) in [6.07, 6.45) is 3.32. The molecule has 1 aromatic carbocycles. The second-order valence-corrected chi connectivity index (χ2v) is 3.44. The lowest BCUT2D eigenvalue weighted by molar-refractivity contribution is -0.129. The summed E-state index contributed by atoms with van der Waals surface area (Å²) in [7, 11) is 0. The van der Waals surface area contributed by atoms with E-state index in [1.807, 2.05) is 0 Å². The van der Waals surface area contributed by atoms with E-state index in [0.29, 0.717) is 0 Å². The van der Waals surface area contributed by atoms with Crippen LogP contribution in [0.2, 0.25) is 0 Å². The van der Waals surface area contributed by atoms with E-state index in [0.717, 1.165) is 23.1 Å². The Labute approximate surface area is 103 Å². The van der Waals surface area contributed by atoms with Gasteiger partial charge < -0.3 is 4.74 Å². The number of esters is 1. The number of anilines is 1. The molecule has 18 heavy (non-hydrogen) atoms. The molecule has 0 unspecified atom stereocenters. The second-order valence-electron chi connectivity index (χ2n) is 3.44. The third-order valence-electron chi connectivity index (χ3n) is 2.29. The monoisotopic (exact) mass is 243 g/mol. The maximum Gasteiger partial charge on any atom is 0.335 e. The van der Waals surface area contributed by atoms with Gasteiger partial charge >= 0.3 is 5.97 Å². The lowest BCUT2D eigenvalue weighted by atomic mass is 10.2. The van der Waals surface area contributed by atoms with Crippen LogP contribution in [0.5, 0.6) is 5.75 Å². The van der Waals surface area contributed by atoms with Gasteiger partial charge in [-0.1, -0.05) is 18.7 Å². The van der Waals surface area contributed by atoms with Gasteiger partial charge in [-0.05, 0) is 12.1 Å². The van der Waals surface area contributed by atoms with Crippen LogP contribution in [-0.2, 0) is 14.4 Å². The number of ether oxygens (including phenoxy) is 1. The zero-order valence-corrected chi connectivity index (χ0v) is 9.33. The Kier molecular flexibility index (Phi) is 3.05. The van der Waals surface area contributed by atoms with E-state index in [9.17, 15) is 14.4 Å². The zero-order valence-electron chi connectivity index (χ0n) is 9.33. The van der Waals surface area contributed by atoms with E-state index in [4.69, 9.17) is 4.74 Å². The first-order valence-electron chi connectivity index (χ1n) is 5.13. The summed E-state index contributed by atoms with van der Waals surface area (Å²) in [6.45, 7) is 3.28. The molecule has 0 aliphatic carbocycles. The predicted octanol–water partition coefficient (Wildman–Crippen LogP) is 1.21. The lowest BCUT2D eigenvalue weighted by Gasteiger charge is -2.16. The number of amides is 2. The van der Waals surface area contributed by atoms with Gasteiger partial charge in [-0.25, -0.2) is 9.69 Å².